The van der Waals surface area contributed by atoms with E-state index in [0.717, 1.165) is 27.2 Å². The molecule has 0 unspecified atom stereocenters. The van der Waals surface area contributed by atoms with Crippen molar-refractivity contribution in [2.45, 2.75) is 20.0 Å². The van der Waals surface area contributed by atoms with E-state index in [1.54, 1.807) is 20.1 Å². The summed E-state index contributed by atoms with van der Waals surface area (Å²) >= 11 is 0. The Kier molecular flexibility index (Phi) is 7.60. The first-order valence-corrected chi connectivity index (χ1v) is 12.6. The molecular formula is C30H27F3N4O4. The van der Waals surface area contributed by atoms with E-state index in [2.05, 4.69) is 10.3 Å². The highest BCUT2D eigenvalue weighted by atomic mass is 19.1. The molecule has 0 radical (unpaired) electrons. The molecule has 0 aliphatic carbocycles. The molecule has 41 heavy (non-hydrogen) atoms. The fraction of sp³-hybridized carbons (Fsp3) is 0.200. The Balaban J connectivity index is 1.62. The van der Waals surface area contributed by atoms with Gasteiger partial charge in [0.05, 0.1) is 39.2 Å². The topological polar surface area (TPSA) is 76.2 Å². The highest BCUT2D eigenvalue weighted by Gasteiger charge is 2.39. The summed E-state index contributed by atoms with van der Waals surface area (Å²) in [5.74, 6) is -2.34. The highest BCUT2D eigenvalue weighted by Crippen LogP contribution is 2.45. The Labute approximate surface area is 234 Å². The van der Waals surface area contributed by atoms with Crippen molar-refractivity contribution >= 4 is 28.9 Å². The monoisotopic (exact) mass is 564 g/mol. The molecule has 212 valence electrons. The number of para-hydroxylation sites is 1. The van der Waals surface area contributed by atoms with E-state index in [1.165, 1.54) is 38.6 Å². The Hall–Kier alpha value is -4.93. The Morgan fingerprint density at radius 1 is 0.902 bits per heavy atom. The second kappa shape index (κ2) is 11.3. The molecule has 1 N–H and O–H groups in total. The lowest BCUT2D eigenvalue weighted by molar-refractivity contribution is 0.251. The molecule has 1 aromatic heterocycles. The van der Waals surface area contributed by atoms with Gasteiger partial charge >= 0.3 is 6.03 Å². The lowest BCUT2D eigenvalue weighted by Gasteiger charge is -2.38. The number of hydrogen-bond donors (Lipinski definition) is 1. The maximum atomic E-state index is 15.5. The number of nitrogens with zero attached hydrogens (tertiary/aromatic N) is 3. The third-order valence-corrected chi connectivity index (χ3v) is 6.87. The van der Waals surface area contributed by atoms with Gasteiger partial charge in [-0.3, -0.25) is 9.80 Å². The number of urea groups is 1. The van der Waals surface area contributed by atoms with Gasteiger partial charge in [0.2, 0.25) is 0 Å². The first-order valence-electron chi connectivity index (χ1n) is 12.6. The number of aromatic nitrogens is 1. The van der Waals surface area contributed by atoms with Crippen molar-refractivity contribution in [3.63, 3.8) is 0 Å². The van der Waals surface area contributed by atoms with Crippen molar-refractivity contribution in [1.29, 1.82) is 0 Å². The van der Waals surface area contributed by atoms with E-state index in [0.29, 0.717) is 29.2 Å². The van der Waals surface area contributed by atoms with Crippen LogP contribution in [0.25, 0.3) is 0 Å². The third kappa shape index (κ3) is 4.94. The maximum absolute atomic E-state index is 15.5. The van der Waals surface area contributed by atoms with Gasteiger partial charge in [0.1, 0.15) is 23.1 Å². The first-order chi connectivity index (χ1) is 19.8. The molecule has 0 atom stereocenters. The average molecular weight is 565 g/mol. The molecular weight excluding hydrogens is 537 g/mol. The summed E-state index contributed by atoms with van der Waals surface area (Å²) in [6.07, 6.45) is 1.50. The largest absolute Gasteiger partial charge is 0.497 e. The molecule has 2 amide bonds. The van der Waals surface area contributed by atoms with Crippen LogP contribution in [0.5, 0.6) is 17.2 Å². The van der Waals surface area contributed by atoms with Gasteiger partial charge in [-0.2, -0.15) is 0 Å². The molecule has 5 rings (SSSR count). The van der Waals surface area contributed by atoms with Crippen LogP contribution >= 0.6 is 0 Å². The molecule has 1 aliphatic rings. The number of methoxy groups -OCH3 is 3. The first kappa shape index (κ1) is 27.6. The predicted molar refractivity (Wildman–Crippen MR) is 149 cm³/mol. The summed E-state index contributed by atoms with van der Waals surface area (Å²) in [6.45, 7) is 1.92. The number of benzene rings is 3. The number of anilines is 4. The number of ether oxygens (including phenoxy) is 3. The zero-order valence-electron chi connectivity index (χ0n) is 22.8. The molecule has 0 bridgehead atoms. The lowest BCUT2D eigenvalue weighted by atomic mass is 10.0. The summed E-state index contributed by atoms with van der Waals surface area (Å²) in [4.78, 5) is 20.6. The molecule has 0 fully saturated rings. The number of fused-ring (bicyclic) bond motifs is 1. The summed E-state index contributed by atoms with van der Waals surface area (Å²) in [5, 5.41) is 3.26. The van der Waals surface area contributed by atoms with Gasteiger partial charge in [-0.1, -0.05) is 24.3 Å². The van der Waals surface area contributed by atoms with E-state index in [-0.39, 0.29) is 23.7 Å². The van der Waals surface area contributed by atoms with Crippen molar-refractivity contribution < 1.29 is 32.2 Å². The number of halogens is 3. The number of amides is 2. The van der Waals surface area contributed by atoms with Crippen LogP contribution in [-0.2, 0) is 13.1 Å². The molecule has 8 nitrogen and oxygen atoms in total. The SMILES string of the molecule is COc1ccc(CNc2ncc3c(c2C)N(c2ccccc2F)C(=O)N(c2c(F)c(OC)cc(OC)c2F)C3)cc1. The Morgan fingerprint density at radius 3 is 2.17 bits per heavy atom. The van der Waals surface area contributed by atoms with Crippen LogP contribution in [0.3, 0.4) is 0 Å². The van der Waals surface area contributed by atoms with Gasteiger partial charge in [-0.05, 0) is 36.8 Å². The molecule has 11 heteroatoms. The molecule has 0 spiro atoms. The van der Waals surface area contributed by atoms with Crippen LogP contribution in [0, 0.1) is 24.4 Å². The second-order valence-electron chi connectivity index (χ2n) is 9.22. The number of carbonyl (C=O) groups is 1. The van der Waals surface area contributed by atoms with Gasteiger partial charge in [-0.15, -0.1) is 0 Å². The van der Waals surface area contributed by atoms with Gasteiger partial charge in [0, 0.05) is 29.9 Å². The normalized spacial score (nSPS) is 12.7. The van der Waals surface area contributed by atoms with Crippen molar-refractivity contribution in [2.24, 2.45) is 0 Å². The third-order valence-electron chi connectivity index (χ3n) is 6.87. The summed E-state index contributed by atoms with van der Waals surface area (Å²) in [5.41, 5.74) is 1.54. The smallest absolute Gasteiger partial charge is 0.334 e. The number of nitrogens with one attached hydrogen (secondary N) is 1. The predicted octanol–water partition coefficient (Wildman–Crippen LogP) is 6.72. The van der Waals surface area contributed by atoms with Crippen LogP contribution in [0.15, 0.2) is 60.8 Å². The van der Waals surface area contributed by atoms with Crippen molar-refractivity contribution in [3.05, 3.63) is 94.9 Å². The van der Waals surface area contributed by atoms with Gasteiger partial charge in [-0.25, -0.2) is 22.9 Å². The quantitative estimate of drug-likeness (QED) is 0.256. The number of hydrogen-bond acceptors (Lipinski definition) is 6. The van der Waals surface area contributed by atoms with E-state index in [1.807, 2.05) is 24.3 Å². The van der Waals surface area contributed by atoms with Crippen molar-refractivity contribution in [1.82, 2.24) is 4.98 Å². The van der Waals surface area contributed by atoms with Gasteiger partial charge in [0.15, 0.2) is 23.1 Å². The molecule has 4 aromatic rings. The Bertz CT molecular complexity index is 1590. The zero-order valence-corrected chi connectivity index (χ0v) is 22.8. The second-order valence-corrected chi connectivity index (χ2v) is 9.22. The summed E-state index contributed by atoms with van der Waals surface area (Å²) in [6, 6.07) is 13.3. The standard InChI is InChI=1S/C30H27F3N4O4/c1-17-27-19(15-35-29(17)34-14-18-9-11-20(39-2)12-10-18)16-36(30(38)37(27)22-8-6-5-7-21(22)31)28-25(32)23(40-3)13-24(41-4)26(28)33/h5-13,15H,14,16H2,1-4H3,(H,34,35). The fourth-order valence-electron chi connectivity index (χ4n) is 4.78. The van der Waals surface area contributed by atoms with Crippen LogP contribution < -0.4 is 29.3 Å². The van der Waals surface area contributed by atoms with Gasteiger partial charge in [0.25, 0.3) is 0 Å². The van der Waals surface area contributed by atoms with E-state index in [4.69, 9.17) is 14.2 Å². The van der Waals surface area contributed by atoms with E-state index >= 15 is 13.2 Å². The molecule has 0 saturated heterocycles. The molecule has 2 heterocycles. The van der Waals surface area contributed by atoms with Crippen LogP contribution in [-0.4, -0.2) is 32.3 Å². The number of carbonyl (C=O) groups excluding carboxylic acids is 1. The molecule has 3 aromatic carbocycles. The minimum atomic E-state index is -1.10. The van der Waals surface area contributed by atoms with E-state index < -0.39 is 29.2 Å². The average Bonchev–Trinajstić information content (AvgIpc) is 2.98. The minimum absolute atomic E-state index is 0.0884. The van der Waals surface area contributed by atoms with Crippen molar-refractivity contribution in [2.75, 3.05) is 36.4 Å². The number of pyridine rings is 1. The van der Waals surface area contributed by atoms with Crippen LogP contribution in [0.2, 0.25) is 0 Å². The lowest BCUT2D eigenvalue weighted by Crippen LogP contribution is -2.46. The summed E-state index contributed by atoms with van der Waals surface area (Å²) < 4.78 is 61.5. The van der Waals surface area contributed by atoms with Crippen LogP contribution in [0.4, 0.5) is 40.8 Å². The maximum Gasteiger partial charge on any atom is 0.334 e. The zero-order chi connectivity index (χ0) is 29.3. The highest BCUT2D eigenvalue weighted by molar-refractivity contribution is 6.12. The minimum Gasteiger partial charge on any atom is -0.497 e. The number of rotatable bonds is 8. The fourth-order valence-corrected chi connectivity index (χ4v) is 4.78. The van der Waals surface area contributed by atoms with E-state index in [9.17, 15) is 4.79 Å². The van der Waals surface area contributed by atoms with Gasteiger partial charge < -0.3 is 19.5 Å². The van der Waals surface area contributed by atoms with Crippen molar-refractivity contribution in [3.8, 4) is 17.2 Å². The Morgan fingerprint density at radius 2 is 1.56 bits per heavy atom. The molecule has 0 saturated carbocycles. The summed E-state index contributed by atoms with van der Waals surface area (Å²) in [7, 11) is 4.02. The van der Waals surface area contributed by atoms with Crippen LogP contribution in [0.1, 0.15) is 16.7 Å². The molecule has 1 aliphatic heterocycles.